The predicted molar refractivity (Wildman–Crippen MR) is 97.8 cm³/mol. The average Bonchev–Trinajstić information content (AvgIpc) is 3.14. The van der Waals surface area contributed by atoms with Crippen LogP contribution in [0.25, 0.3) is 0 Å². The molecule has 2 aromatic rings. The number of anilines is 1. The quantitative estimate of drug-likeness (QED) is 0.926. The molecule has 1 fully saturated rings. The Morgan fingerprint density at radius 1 is 1.33 bits per heavy atom. The van der Waals surface area contributed by atoms with Gasteiger partial charge in [-0.3, -0.25) is 9.78 Å². The van der Waals surface area contributed by atoms with Crippen molar-refractivity contribution in [1.29, 1.82) is 0 Å². The molecule has 128 valence electrons. The Kier molecular flexibility index (Phi) is 4.85. The molecule has 1 atom stereocenters. The summed E-state index contributed by atoms with van der Waals surface area (Å²) in [7, 11) is 1.92. The summed E-state index contributed by atoms with van der Waals surface area (Å²) in [6.45, 7) is 7.55. The minimum absolute atomic E-state index is 0.200. The highest BCUT2D eigenvalue weighted by Crippen LogP contribution is 2.29. The van der Waals surface area contributed by atoms with Crippen LogP contribution in [0, 0.1) is 20.8 Å². The van der Waals surface area contributed by atoms with Crippen molar-refractivity contribution in [3.63, 3.8) is 0 Å². The van der Waals surface area contributed by atoms with Crippen LogP contribution in [0.4, 0.5) is 5.69 Å². The van der Waals surface area contributed by atoms with Gasteiger partial charge in [0.05, 0.1) is 17.1 Å². The standard InChI is InChI=1S/C18H24N4OS/c1-11-7-15(19-4)8-16(20-11)14-5-6-22(10-14)18(23)9-17-12(2)21-13(3)24-17/h7-8,14H,5-6,9-10H2,1-4H3,(H,19,20)/t14-/m0/s1. The number of carbonyl (C=O) groups is 1. The molecular formula is C18H24N4OS. The van der Waals surface area contributed by atoms with Gasteiger partial charge in [-0.05, 0) is 39.3 Å². The van der Waals surface area contributed by atoms with Crippen molar-refractivity contribution in [1.82, 2.24) is 14.9 Å². The molecule has 6 heteroatoms. The van der Waals surface area contributed by atoms with Crippen LogP contribution in [-0.4, -0.2) is 40.9 Å². The van der Waals surface area contributed by atoms with E-state index in [1.807, 2.05) is 38.8 Å². The topological polar surface area (TPSA) is 58.1 Å². The number of hydrogen-bond acceptors (Lipinski definition) is 5. The molecule has 1 amide bonds. The van der Waals surface area contributed by atoms with Crippen LogP contribution >= 0.6 is 11.3 Å². The molecule has 0 aliphatic carbocycles. The predicted octanol–water partition coefficient (Wildman–Crippen LogP) is 3.06. The van der Waals surface area contributed by atoms with Crippen molar-refractivity contribution >= 4 is 22.9 Å². The number of pyridine rings is 1. The first kappa shape index (κ1) is 16.9. The Balaban J connectivity index is 1.67. The first-order valence-corrected chi connectivity index (χ1v) is 9.15. The van der Waals surface area contributed by atoms with Crippen molar-refractivity contribution in [2.75, 3.05) is 25.5 Å². The van der Waals surface area contributed by atoms with E-state index in [1.54, 1.807) is 11.3 Å². The summed E-state index contributed by atoms with van der Waals surface area (Å²) in [5, 5.41) is 4.21. The fourth-order valence-electron chi connectivity index (χ4n) is 3.26. The third kappa shape index (κ3) is 3.59. The maximum atomic E-state index is 12.6. The van der Waals surface area contributed by atoms with Crippen molar-refractivity contribution in [2.45, 2.75) is 39.5 Å². The molecular weight excluding hydrogens is 320 g/mol. The molecule has 1 N–H and O–H groups in total. The summed E-state index contributed by atoms with van der Waals surface area (Å²) in [5.41, 5.74) is 4.16. The molecule has 0 radical (unpaired) electrons. The maximum Gasteiger partial charge on any atom is 0.227 e. The summed E-state index contributed by atoms with van der Waals surface area (Å²) in [4.78, 5) is 24.8. The van der Waals surface area contributed by atoms with Crippen LogP contribution < -0.4 is 5.32 Å². The van der Waals surface area contributed by atoms with Crippen molar-refractivity contribution < 1.29 is 4.79 Å². The van der Waals surface area contributed by atoms with Gasteiger partial charge in [-0.25, -0.2) is 4.98 Å². The number of amides is 1. The van der Waals surface area contributed by atoms with E-state index in [0.29, 0.717) is 12.3 Å². The van der Waals surface area contributed by atoms with E-state index in [-0.39, 0.29) is 5.91 Å². The highest BCUT2D eigenvalue weighted by Gasteiger charge is 2.29. The highest BCUT2D eigenvalue weighted by atomic mass is 32.1. The molecule has 0 bridgehead atoms. The number of nitrogens with zero attached hydrogens (tertiary/aromatic N) is 3. The van der Waals surface area contributed by atoms with Gasteiger partial charge in [0, 0.05) is 48.0 Å². The van der Waals surface area contributed by atoms with Crippen molar-refractivity contribution in [3.05, 3.63) is 39.1 Å². The Hall–Kier alpha value is -1.95. The molecule has 0 unspecified atom stereocenters. The SMILES string of the molecule is CNc1cc(C)nc([C@H]2CCN(C(=O)Cc3sc(C)nc3C)C2)c1. The highest BCUT2D eigenvalue weighted by molar-refractivity contribution is 7.11. The first-order valence-electron chi connectivity index (χ1n) is 8.33. The number of nitrogens with one attached hydrogen (secondary N) is 1. The largest absolute Gasteiger partial charge is 0.388 e. The fraction of sp³-hybridized carbons (Fsp3) is 0.500. The van der Waals surface area contributed by atoms with E-state index < -0.39 is 0 Å². The Labute approximate surface area is 147 Å². The minimum Gasteiger partial charge on any atom is -0.388 e. The van der Waals surface area contributed by atoms with Crippen LogP contribution in [0.3, 0.4) is 0 Å². The molecule has 3 heterocycles. The summed E-state index contributed by atoms with van der Waals surface area (Å²) in [5.74, 6) is 0.524. The molecule has 2 aromatic heterocycles. The Morgan fingerprint density at radius 3 is 2.79 bits per heavy atom. The van der Waals surface area contributed by atoms with E-state index in [0.717, 1.165) is 52.2 Å². The van der Waals surface area contributed by atoms with Crippen LogP contribution in [0.2, 0.25) is 0 Å². The van der Waals surface area contributed by atoms with Gasteiger partial charge in [-0.2, -0.15) is 0 Å². The molecule has 5 nitrogen and oxygen atoms in total. The zero-order valence-corrected chi connectivity index (χ0v) is 15.5. The summed E-state index contributed by atoms with van der Waals surface area (Å²) >= 11 is 1.63. The maximum absolute atomic E-state index is 12.6. The lowest BCUT2D eigenvalue weighted by molar-refractivity contribution is -0.129. The lowest BCUT2D eigenvalue weighted by Crippen LogP contribution is -2.29. The van der Waals surface area contributed by atoms with Gasteiger partial charge in [0.25, 0.3) is 0 Å². The fourth-order valence-corrected chi connectivity index (χ4v) is 4.19. The molecule has 1 aliphatic rings. The second kappa shape index (κ2) is 6.89. The second-order valence-electron chi connectivity index (χ2n) is 6.42. The monoisotopic (exact) mass is 344 g/mol. The van der Waals surface area contributed by atoms with Crippen LogP contribution in [0.1, 0.15) is 39.3 Å². The first-order chi connectivity index (χ1) is 11.5. The van der Waals surface area contributed by atoms with Crippen LogP contribution in [0.5, 0.6) is 0 Å². The number of rotatable bonds is 4. The zero-order chi connectivity index (χ0) is 17.3. The van der Waals surface area contributed by atoms with Gasteiger partial charge < -0.3 is 10.2 Å². The van der Waals surface area contributed by atoms with E-state index in [1.165, 1.54) is 0 Å². The Bertz CT molecular complexity index is 755. The van der Waals surface area contributed by atoms with Crippen LogP contribution in [0.15, 0.2) is 12.1 Å². The van der Waals surface area contributed by atoms with Gasteiger partial charge in [0.1, 0.15) is 0 Å². The van der Waals surface area contributed by atoms with Crippen molar-refractivity contribution in [2.24, 2.45) is 0 Å². The lowest BCUT2D eigenvalue weighted by atomic mass is 10.0. The van der Waals surface area contributed by atoms with E-state index in [4.69, 9.17) is 0 Å². The molecule has 0 spiro atoms. The van der Waals surface area contributed by atoms with Crippen molar-refractivity contribution in [3.8, 4) is 0 Å². The number of aryl methyl sites for hydroxylation is 3. The van der Waals surface area contributed by atoms with E-state index in [2.05, 4.69) is 21.4 Å². The molecule has 0 saturated carbocycles. The van der Waals surface area contributed by atoms with E-state index in [9.17, 15) is 4.79 Å². The number of thiazole rings is 1. The molecule has 24 heavy (non-hydrogen) atoms. The third-order valence-corrected chi connectivity index (χ3v) is 5.61. The summed E-state index contributed by atoms with van der Waals surface area (Å²) < 4.78 is 0. The number of likely N-dealkylation sites (tertiary alicyclic amines) is 1. The Morgan fingerprint density at radius 2 is 2.12 bits per heavy atom. The van der Waals surface area contributed by atoms with Gasteiger partial charge in [0.2, 0.25) is 5.91 Å². The van der Waals surface area contributed by atoms with E-state index >= 15 is 0 Å². The van der Waals surface area contributed by atoms with Gasteiger partial charge in [0.15, 0.2) is 0 Å². The number of carbonyl (C=O) groups excluding carboxylic acids is 1. The smallest absolute Gasteiger partial charge is 0.227 e. The van der Waals surface area contributed by atoms with Gasteiger partial charge in [-0.15, -0.1) is 11.3 Å². The molecule has 1 aliphatic heterocycles. The lowest BCUT2D eigenvalue weighted by Gasteiger charge is -2.17. The van der Waals surface area contributed by atoms with Gasteiger partial charge in [-0.1, -0.05) is 0 Å². The summed E-state index contributed by atoms with van der Waals surface area (Å²) in [6, 6.07) is 4.14. The third-order valence-electron chi connectivity index (χ3n) is 4.53. The number of aromatic nitrogens is 2. The normalized spacial score (nSPS) is 17.3. The zero-order valence-electron chi connectivity index (χ0n) is 14.7. The number of hydrogen-bond donors (Lipinski definition) is 1. The molecule has 0 aromatic carbocycles. The van der Waals surface area contributed by atoms with Crippen LogP contribution in [-0.2, 0) is 11.2 Å². The summed E-state index contributed by atoms with van der Waals surface area (Å²) in [6.07, 6.45) is 1.44. The second-order valence-corrected chi connectivity index (χ2v) is 7.70. The minimum atomic E-state index is 0.200. The molecule has 1 saturated heterocycles. The van der Waals surface area contributed by atoms with Gasteiger partial charge >= 0.3 is 0 Å². The average molecular weight is 344 g/mol. The molecule has 3 rings (SSSR count).